The largest absolute Gasteiger partial charge is 0.450 e. The van der Waals surface area contributed by atoms with Crippen molar-refractivity contribution in [2.45, 2.75) is 6.92 Å². The van der Waals surface area contributed by atoms with Crippen molar-refractivity contribution in [1.82, 2.24) is 5.32 Å². The molecule has 0 bridgehead atoms. The summed E-state index contributed by atoms with van der Waals surface area (Å²) in [6.07, 6.45) is 0.125. The zero-order valence-electron chi connectivity index (χ0n) is 11.2. The molecule has 0 spiro atoms. The Morgan fingerprint density at radius 2 is 2.19 bits per heavy atom. The van der Waals surface area contributed by atoms with Gasteiger partial charge in [0, 0.05) is 6.20 Å². The number of imide groups is 1. The first kappa shape index (κ1) is 16.5. The number of amides is 2. The number of carbonyl (C=O) groups is 2. The zero-order valence-corrected chi connectivity index (χ0v) is 11.9. The van der Waals surface area contributed by atoms with Crippen molar-refractivity contribution >= 4 is 29.3 Å². The lowest BCUT2D eigenvalue weighted by atomic mass is 10.2. The number of alkyl carbamates (subject to hydrolysis) is 1. The summed E-state index contributed by atoms with van der Waals surface area (Å²) in [5, 5.41) is 12.2. The molecule has 2 amide bonds. The maximum absolute atomic E-state index is 11.7. The van der Waals surface area contributed by atoms with Gasteiger partial charge in [-0.3, -0.25) is 15.1 Å². The van der Waals surface area contributed by atoms with Crippen LogP contribution in [-0.2, 0) is 9.53 Å². The number of benzene rings is 1. The summed E-state index contributed by atoms with van der Waals surface area (Å²) in [7, 11) is 0. The number of rotatable bonds is 4. The number of nitrogens with one attached hydrogen (secondary N) is 1. The highest BCUT2D eigenvalue weighted by Gasteiger charge is 2.15. The Kier molecular flexibility index (Phi) is 6.20. The van der Waals surface area contributed by atoms with Gasteiger partial charge in [-0.2, -0.15) is 5.26 Å². The smallest absolute Gasteiger partial charge is 0.414 e. The molecule has 0 aliphatic rings. The summed E-state index contributed by atoms with van der Waals surface area (Å²) >= 11 is 5.94. The Morgan fingerprint density at radius 1 is 1.52 bits per heavy atom. The summed E-state index contributed by atoms with van der Waals surface area (Å²) in [4.78, 5) is 22.8. The molecule has 0 saturated carbocycles. The average Bonchev–Trinajstić information content (AvgIpc) is 2.45. The van der Waals surface area contributed by atoms with Crippen molar-refractivity contribution in [3.05, 3.63) is 41.1 Å². The second kappa shape index (κ2) is 7.89. The predicted molar refractivity (Wildman–Crippen MR) is 77.0 cm³/mol. The number of hydrazine groups is 1. The van der Waals surface area contributed by atoms with Gasteiger partial charge in [-0.05, 0) is 19.1 Å². The highest BCUT2D eigenvalue weighted by atomic mass is 35.5. The molecule has 0 aromatic heterocycles. The van der Waals surface area contributed by atoms with Crippen LogP contribution in [0.1, 0.15) is 6.92 Å². The third-order valence-corrected chi connectivity index (χ3v) is 2.57. The molecule has 0 heterocycles. The van der Waals surface area contributed by atoms with E-state index in [1.165, 1.54) is 0 Å². The number of nitriles is 1. The van der Waals surface area contributed by atoms with Crippen LogP contribution in [0.3, 0.4) is 0 Å². The van der Waals surface area contributed by atoms with Crippen molar-refractivity contribution < 1.29 is 14.3 Å². The van der Waals surface area contributed by atoms with Crippen molar-refractivity contribution in [3.8, 4) is 6.07 Å². The van der Waals surface area contributed by atoms with Gasteiger partial charge in [0.25, 0.3) is 5.91 Å². The maximum Gasteiger partial charge on any atom is 0.414 e. The standard InChI is InChI=1S/C13H13ClN4O3/c1-2-21-13(20)17-12(19)9(7-15)8-18(16)11-6-4-3-5-10(11)14/h3-6,8H,2,16H2,1H3,(H,17,19,20)/b9-8-. The fraction of sp³-hybridized carbons (Fsp3) is 0.154. The molecule has 0 unspecified atom stereocenters. The quantitative estimate of drug-likeness (QED) is 0.379. The van der Waals surface area contributed by atoms with Crippen molar-refractivity contribution in [3.63, 3.8) is 0 Å². The van der Waals surface area contributed by atoms with Crippen LogP contribution in [-0.4, -0.2) is 18.6 Å². The summed E-state index contributed by atoms with van der Waals surface area (Å²) in [6, 6.07) is 8.27. The van der Waals surface area contributed by atoms with E-state index in [1.54, 1.807) is 37.3 Å². The van der Waals surface area contributed by atoms with Gasteiger partial charge in [0.05, 0.1) is 17.3 Å². The van der Waals surface area contributed by atoms with Gasteiger partial charge < -0.3 is 4.74 Å². The number of para-hydroxylation sites is 1. The van der Waals surface area contributed by atoms with Crippen LogP contribution in [0, 0.1) is 11.3 Å². The molecule has 1 aromatic rings. The Labute approximate surface area is 126 Å². The highest BCUT2D eigenvalue weighted by molar-refractivity contribution is 6.33. The van der Waals surface area contributed by atoms with Crippen LogP contribution in [0.25, 0.3) is 0 Å². The monoisotopic (exact) mass is 308 g/mol. The van der Waals surface area contributed by atoms with E-state index in [4.69, 9.17) is 22.7 Å². The number of hydrogen-bond acceptors (Lipinski definition) is 6. The predicted octanol–water partition coefficient (Wildman–Crippen LogP) is 1.70. The average molecular weight is 309 g/mol. The molecular formula is C13H13ClN4O3. The number of nitrogens with zero attached hydrogens (tertiary/aromatic N) is 2. The summed E-state index contributed by atoms with van der Waals surface area (Å²) in [5.74, 6) is 4.81. The zero-order chi connectivity index (χ0) is 15.8. The van der Waals surface area contributed by atoms with Crippen LogP contribution < -0.4 is 16.2 Å². The minimum atomic E-state index is -0.940. The third kappa shape index (κ3) is 4.80. The van der Waals surface area contributed by atoms with E-state index in [1.807, 2.05) is 5.32 Å². The minimum Gasteiger partial charge on any atom is -0.450 e. The number of hydrogen-bond donors (Lipinski definition) is 2. The second-order valence-electron chi connectivity index (χ2n) is 3.69. The minimum absolute atomic E-state index is 0.105. The van der Waals surface area contributed by atoms with Gasteiger partial charge in [0.2, 0.25) is 0 Å². The van der Waals surface area contributed by atoms with Gasteiger partial charge >= 0.3 is 6.09 Å². The molecule has 3 N–H and O–H groups in total. The number of nitrogens with two attached hydrogens (primary N) is 1. The second-order valence-corrected chi connectivity index (χ2v) is 4.10. The molecule has 0 aliphatic carbocycles. The SMILES string of the molecule is CCOC(=O)NC(=O)/C(C#N)=C\N(N)c1ccccc1Cl. The topological polar surface area (TPSA) is 108 Å². The summed E-state index contributed by atoms with van der Waals surface area (Å²) in [5.41, 5.74) is 0.0290. The van der Waals surface area contributed by atoms with Gasteiger partial charge in [0.1, 0.15) is 11.6 Å². The highest BCUT2D eigenvalue weighted by Crippen LogP contribution is 2.23. The Hall–Kier alpha value is -2.56. The lowest BCUT2D eigenvalue weighted by Crippen LogP contribution is -2.34. The van der Waals surface area contributed by atoms with Crippen LogP contribution in [0.5, 0.6) is 0 Å². The van der Waals surface area contributed by atoms with E-state index in [2.05, 4.69) is 4.74 Å². The molecule has 110 valence electrons. The molecule has 0 atom stereocenters. The van der Waals surface area contributed by atoms with E-state index in [0.717, 1.165) is 11.2 Å². The first-order chi connectivity index (χ1) is 9.99. The molecule has 7 nitrogen and oxygen atoms in total. The number of ether oxygens (including phenoxy) is 1. The number of carbonyl (C=O) groups excluding carboxylic acids is 2. The van der Waals surface area contributed by atoms with Crippen molar-refractivity contribution in [2.75, 3.05) is 11.6 Å². The van der Waals surface area contributed by atoms with E-state index >= 15 is 0 Å². The van der Waals surface area contributed by atoms with Gasteiger partial charge in [0.15, 0.2) is 0 Å². The fourth-order valence-corrected chi connectivity index (χ4v) is 1.57. The van der Waals surface area contributed by atoms with Gasteiger partial charge in [-0.25, -0.2) is 10.6 Å². The van der Waals surface area contributed by atoms with Crippen LogP contribution in [0.2, 0.25) is 5.02 Å². The lowest BCUT2D eigenvalue weighted by molar-refractivity contribution is -0.116. The Balaban J connectivity index is 2.89. The van der Waals surface area contributed by atoms with Gasteiger partial charge in [-0.15, -0.1) is 0 Å². The first-order valence-electron chi connectivity index (χ1n) is 5.88. The molecule has 0 saturated heterocycles. The molecule has 0 radical (unpaired) electrons. The normalized spacial score (nSPS) is 10.5. The Morgan fingerprint density at radius 3 is 2.76 bits per heavy atom. The van der Waals surface area contributed by atoms with Crippen LogP contribution >= 0.6 is 11.6 Å². The van der Waals surface area contributed by atoms with E-state index < -0.39 is 12.0 Å². The third-order valence-electron chi connectivity index (χ3n) is 2.25. The molecule has 1 aromatic carbocycles. The number of halogens is 1. The maximum atomic E-state index is 11.7. The van der Waals surface area contributed by atoms with E-state index in [0.29, 0.717) is 10.7 Å². The van der Waals surface area contributed by atoms with Crippen LogP contribution in [0.15, 0.2) is 36.0 Å². The molecule has 8 heteroatoms. The van der Waals surface area contributed by atoms with Crippen molar-refractivity contribution in [1.29, 1.82) is 5.26 Å². The molecule has 21 heavy (non-hydrogen) atoms. The number of anilines is 1. The lowest BCUT2D eigenvalue weighted by Gasteiger charge is -2.15. The van der Waals surface area contributed by atoms with E-state index in [-0.39, 0.29) is 12.2 Å². The molecule has 0 fully saturated rings. The van der Waals surface area contributed by atoms with Crippen molar-refractivity contribution in [2.24, 2.45) is 5.84 Å². The van der Waals surface area contributed by atoms with E-state index in [9.17, 15) is 9.59 Å². The first-order valence-corrected chi connectivity index (χ1v) is 6.25. The van der Waals surface area contributed by atoms with Gasteiger partial charge in [-0.1, -0.05) is 23.7 Å². The summed E-state index contributed by atoms with van der Waals surface area (Å²) in [6.45, 7) is 1.69. The molecule has 1 rings (SSSR count). The fourth-order valence-electron chi connectivity index (χ4n) is 1.34. The Bertz CT molecular complexity index is 610. The molecular weight excluding hydrogens is 296 g/mol. The van der Waals surface area contributed by atoms with Crippen LogP contribution in [0.4, 0.5) is 10.5 Å². The summed E-state index contributed by atoms with van der Waals surface area (Å²) < 4.78 is 4.54. The molecule has 0 aliphatic heterocycles.